The van der Waals surface area contributed by atoms with E-state index >= 15 is 0 Å². The summed E-state index contributed by atoms with van der Waals surface area (Å²) in [6, 6.07) is 12.8. The minimum absolute atomic E-state index is 0.00572. The van der Waals surface area contributed by atoms with Gasteiger partial charge in [-0.1, -0.05) is 57.2 Å². The lowest BCUT2D eigenvalue weighted by molar-refractivity contribution is 0.0373. The van der Waals surface area contributed by atoms with Gasteiger partial charge in [-0.25, -0.2) is 9.59 Å². The first kappa shape index (κ1) is 33.9. The fraction of sp³-hybridized carbons (Fsp3) is 0.500. The fourth-order valence-corrected chi connectivity index (χ4v) is 6.19. The van der Waals surface area contributed by atoms with Crippen molar-refractivity contribution in [2.24, 2.45) is 0 Å². The van der Waals surface area contributed by atoms with Crippen molar-refractivity contribution in [1.29, 1.82) is 0 Å². The number of nitrogens with one attached hydrogen (secondary N) is 1. The van der Waals surface area contributed by atoms with Gasteiger partial charge in [-0.15, -0.1) is 6.58 Å². The van der Waals surface area contributed by atoms with Crippen molar-refractivity contribution in [2.45, 2.75) is 90.1 Å². The lowest BCUT2D eigenvalue weighted by atomic mass is 10.1. The molecule has 1 heterocycles. The van der Waals surface area contributed by atoms with E-state index in [1.807, 2.05) is 51.1 Å². The zero-order valence-electron chi connectivity index (χ0n) is 26.2. The molecule has 1 aliphatic rings. The number of esters is 1. The zero-order chi connectivity index (χ0) is 31.5. The number of halogens is 1. The predicted molar refractivity (Wildman–Crippen MR) is 178 cm³/mol. The lowest BCUT2D eigenvalue weighted by Crippen LogP contribution is -2.45. The van der Waals surface area contributed by atoms with Crippen LogP contribution < -0.4 is 10.1 Å². The summed E-state index contributed by atoms with van der Waals surface area (Å²) in [6.07, 6.45) is 1.05. The van der Waals surface area contributed by atoms with Gasteiger partial charge in [-0.3, -0.25) is 4.90 Å². The van der Waals surface area contributed by atoms with Gasteiger partial charge in [0, 0.05) is 6.54 Å². The monoisotopic (exact) mass is 708 g/mol. The molecule has 0 aromatic heterocycles. The highest BCUT2D eigenvalue weighted by atomic mass is 127. The Morgan fingerprint density at radius 2 is 1.76 bits per heavy atom. The summed E-state index contributed by atoms with van der Waals surface area (Å²) in [5.74, 6) is 0.0969. The van der Waals surface area contributed by atoms with Crippen LogP contribution in [0.2, 0.25) is 18.1 Å². The Labute approximate surface area is 265 Å². The molecule has 0 bridgehead atoms. The molecule has 3 atom stereocenters. The number of hydrogen-bond donors (Lipinski definition) is 1. The molecule has 8 nitrogen and oxygen atoms in total. The van der Waals surface area contributed by atoms with E-state index in [0.29, 0.717) is 30.2 Å². The number of ether oxygens (including phenoxy) is 3. The summed E-state index contributed by atoms with van der Waals surface area (Å²) < 4.78 is 24.4. The van der Waals surface area contributed by atoms with Crippen LogP contribution in [0.25, 0.3) is 0 Å². The maximum Gasteiger partial charge on any atom is 0.411 e. The summed E-state index contributed by atoms with van der Waals surface area (Å²) in [7, 11) is -0.806. The normalized spacial score (nSPS) is 17.7. The van der Waals surface area contributed by atoms with E-state index in [1.54, 1.807) is 23.1 Å². The zero-order valence-corrected chi connectivity index (χ0v) is 29.4. The van der Waals surface area contributed by atoms with E-state index in [0.717, 1.165) is 9.13 Å². The Hall–Kier alpha value is -2.57. The van der Waals surface area contributed by atoms with E-state index in [4.69, 9.17) is 18.6 Å². The molecule has 0 unspecified atom stereocenters. The molecule has 1 amide bonds. The third-order valence-electron chi connectivity index (χ3n) is 7.59. The average Bonchev–Trinajstić information content (AvgIpc) is 3.63. The van der Waals surface area contributed by atoms with Crippen molar-refractivity contribution in [2.75, 3.05) is 19.0 Å². The molecule has 0 aliphatic carbocycles. The van der Waals surface area contributed by atoms with E-state index < -0.39 is 26.0 Å². The molecular weight excluding hydrogens is 663 g/mol. The van der Waals surface area contributed by atoms with Gasteiger partial charge in [-0.05, 0) is 79.2 Å². The van der Waals surface area contributed by atoms with Gasteiger partial charge in [0.05, 0.1) is 40.1 Å². The van der Waals surface area contributed by atoms with Gasteiger partial charge >= 0.3 is 12.1 Å². The first-order chi connectivity index (χ1) is 19.5. The third-order valence-corrected chi connectivity index (χ3v) is 13.2. The highest BCUT2D eigenvalue weighted by molar-refractivity contribution is 14.1. The Morgan fingerprint density at radius 3 is 2.31 bits per heavy atom. The van der Waals surface area contributed by atoms with Gasteiger partial charge in [-0.2, -0.15) is 0 Å². The molecule has 1 N–H and O–H groups in total. The van der Waals surface area contributed by atoms with Crippen molar-refractivity contribution < 1.29 is 28.2 Å². The smallest absolute Gasteiger partial charge is 0.411 e. The van der Waals surface area contributed by atoms with Crippen LogP contribution in [0.3, 0.4) is 0 Å². The van der Waals surface area contributed by atoms with E-state index in [-0.39, 0.29) is 23.2 Å². The molecule has 2 aromatic rings. The Kier molecular flexibility index (Phi) is 10.8. The molecule has 3 rings (SSSR count). The highest BCUT2D eigenvalue weighted by Crippen LogP contribution is 2.42. The highest BCUT2D eigenvalue weighted by Gasteiger charge is 2.57. The summed E-state index contributed by atoms with van der Waals surface area (Å²) >= 11 is 2.21. The number of amides is 1. The summed E-state index contributed by atoms with van der Waals surface area (Å²) in [5.41, 5.74) is 1.45. The fourth-order valence-electron chi connectivity index (χ4n) is 4.26. The van der Waals surface area contributed by atoms with E-state index in [9.17, 15) is 9.59 Å². The molecule has 0 radical (unpaired) electrons. The summed E-state index contributed by atoms with van der Waals surface area (Å²) in [5, 5.41) is 3.45. The molecule has 1 saturated heterocycles. The van der Waals surface area contributed by atoms with Crippen LogP contribution >= 0.6 is 22.6 Å². The van der Waals surface area contributed by atoms with Crippen molar-refractivity contribution >= 4 is 48.7 Å². The van der Waals surface area contributed by atoms with Gasteiger partial charge in [0.1, 0.15) is 18.0 Å². The van der Waals surface area contributed by atoms with Gasteiger partial charge in [0.25, 0.3) is 0 Å². The van der Waals surface area contributed by atoms with Gasteiger partial charge in [0.2, 0.25) is 0 Å². The van der Waals surface area contributed by atoms with Gasteiger partial charge in [0.15, 0.2) is 8.32 Å². The Morgan fingerprint density at radius 1 is 1.12 bits per heavy atom. The number of anilines is 1. The van der Waals surface area contributed by atoms with E-state index in [2.05, 4.69) is 68.4 Å². The number of methoxy groups -OCH3 is 1. The SMILES string of the molecule is C=C[C@H](O[Si](C)(C)C(C)(C)C)[C@@H]1[C@H](CNc2cc(C(=O)OC)cc(OCc3ccccc3)c2I)N1C(=O)OC(C)(C)C. The maximum absolute atomic E-state index is 13.3. The van der Waals surface area contributed by atoms with Crippen LogP contribution in [-0.4, -0.2) is 62.7 Å². The molecule has 2 aromatic carbocycles. The topological polar surface area (TPSA) is 86.1 Å². The van der Waals surface area contributed by atoms with Crippen LogP contribution in [-0.2, 0) is 20.5 Å². The molecule has 10 heteroatoms. The van der Waals surface area contributed by atoms with Gasteiger partial charge < -0.3 is 24.0 Å². The maximum atomic E-state index is 13.3. The Balaban J connectivity index is 1.87. The predicted octanol–water partition coefficient (Wildman–Crippen LogP) is 7.63. The molecule has 1 fully saturated rings. The number of rotatable bonds is 11. The molecule has 230 valence electrons. The number of hydrogen-bond acceptors (Lipinski definition) is 7. The number of carbonyl (C=O) groups is 2. The van der Waals surface area contributed by atoms with Crippen LogP contribution in [0.4, 0.5) is 10.5 Å². The van der Waals surface area contributed by atoms with Crippen LogP contribution in [0, 0.1) is 3.57 Å². The number of carbonyl (C=O) groups excluding carboxylic acids is 2. The average molecular weight is 709 g/mol. The molecule has 42 heavy (non-hydrogen) atoms. The lowest BCUT2D eigenvalue weighted by Gasteiger charge is -2.38. The Bertz CT molecular complexity index is 1270. The minimum Gasteiger partial charge on any atom is -0.488 e. The second-order valence-corrected chi connectivity index (χ2v) is 18.8. The van der Waals surface area contributed by atoms with Crippen molar-refractivity contribution in [3.63, 3.8) is 0 Å². The molecular formula is C32H45IN2O6Si. The first-order valence-electron chi connectivity index (χ1n) is 14.1. The first-order valence-corrected chi connectivity index (χ1v) is 18.1. The summed E-state index contributed by atoms with van der Waals surface area (Å²) in [6.45, 7) is 21.3. The van der Waals surface area contributed by atoms with Crippen LogP contribution in [0.1, 0.15) is 57.5 Å². The van der Waals surface area contributed by atoms with Crippen LogP contribution in [0.15, 0.2) is 55.1 Å². The molecule has 0 spiro atoms. The summed E-state index contributed by atoms with van der Waals surface area (Å²) in [4.78, 5) is 27.5. The van der Waals surface area contributed by atoms with Crippen molar-refractivity contribution in [3.05, 3.63) is 69.8 Å². The van der Waals surface area contributed by atoms with E-state index in [1.165, 1.54) is 7.11 Å². The molecule has 1 aliphatic heterocycles. The molecule has 0 saturated carbocycles. The third kappa shape index (κ3) is 8.50. The second kappa shape index (κ2) is 13.4. The number of nitrogens with zero attached hydrogens (tertiary/aromatic N) is 1. The quantitative estimate of drug-likeness (QED) is 0.0845. The minimum atomic E-state index is -2.16. The second-order valence-electron chi connectivity index (χ2n) is 13.0. The van der Waals surface area contributed by atoms with Crippen LogP contribution in [0.5, 0.6) is 5.75 Å². The standard InChI is InChI=1S/C32H45IN2O6Si/c1-11-25(41-42(9,10)32(5,6)7)28-24(35(28)30(37)40-31(2,3)4)19-34-23-17-22(29(36)38-8)18-26(27(23)33)39-20-21-15-13-12-14-16-21/h11-18,24-25,28,34H,1,19-20H2,2-10H3/t24-,25-,28-,35?/m0/s1. The van der Waals surface area contributed by atoms with Crippen molar-refractivity contribution in [3.8, 4) is 5.75 Å². The van der Waals surface area contributed by atoms with Crippen molar-refractivity contribution in [1.82, 2.24) is 4.90 Å². The largest absolute Gasteiger partial charge is 0.488 e. The number of benzene rings is 2.